The Morgan fingerprint density at radius 2 is 1.72 bits per heavy atom. The zero-order valence-electron chi connectivity index (χ0n) is 19.9. The summed E-state index contributed by atoms with van der Waals surface area (Å²) in [5, 5.41) is 3.28. The summed E-state index contributed by atoms with van der Waals surface area (Å²) in [6, 6.07) is 20.2. The molecule has 3 aromatic carbocycles. The summed E-state index contributed by atoms with van der Waals surface area (Å²) in [4.78, 5) is 27.3. The number of aryl methyl sites for hydroxylation is 1. The number of amides is 2. The minimum absolute atomic E-state index is 0.0321. The predicted octanol–water partition coefficient (Wildman–Crippen LogP) is 5.71. The van der Waals surface area contributed by atoms with Crippen molar-refractivity contribution in [3.05, 3.63) is 94.0 Å². The number of hydrogen-bond donors (Lipinski definition) is 1. The highest BCUT2D eigenvalue weighted by Crippen LogP contribution is 2.31. The number of halogens is 1. The Morgan fingerprint density at radius 1 is 0.972 bits per heavy atom. The molecule has 4 rings (SSSR count). The number of thiocarbonyl (C=S) groups is 1. The highest BCUT2D eigenvalue weighted by atomic mass is 35.5. The van der Waals surface area contributed by atoms with Crippen molar-refractivity contribution in [2.75, 3.05) is 11.5 Å². The Bertz CT molecular complexity index is 1340. The van der Waals surface area contributed by atoms with Gasteiger partial charge >= 0.3 is 0 Å². The molecule has 36 heavy (non-hydrogen) atoms. The minimum Gasteiger partial charge on any atom is -0.490 e. The van der Waals surface area contributed by atoms with Crippen molar-refractivity contribution in [2.24, 2.45) is 0 Å². The quantitative estimate of drug-likeness (QED) is 0.234. The molecule has 0 radical (unpaired) electrons. The number of carbonyl (C=O) groups is 2. The summed E-state index contributed by atoms with van der Waals surface area (Å²) in [6.07, 6.45) is 2.40. The van der Waals surface area contributed by atoms with Crippen LogP contribution in [0, 0.1) is 0 Å². The van der Waals surface area contributed by atoms with Crippen LogP contribution < -0.4 is 19.7 Å². The molecule has 8 heteroatoms. The molecule has 0 saturated carbocycles. The van der Waals surface area contributed by atoms with E-state index in [9.17, 15) is 9.59 Å². The molecule has 1 fully saturated rings. The second-order valence-corrected chi connectivity index (χ2v) is 8.79. The van der Waals surface area contributed by atoms with Crippen molar-refractivity contribution >= 4 is 52.5 Å². The third-order valence-electron chi connectivity index (χ3n) is 5.62. The van der Waals surface area contributed by atoms with Gasteiger partial charge in [-0.05, 0) is 73.1 Å². The smallest absolute Gasteiger partial charge is 0.270 e. The van der Waals surface area contributed by atoms with Crippen molar-refractivity contribution in [2.45, 2.75) is 26.9 Å². The Kier molecular flexibility index (Phi) is 8.03. The maximum Gasteiger partial charge on any atom is 0.270 e. The Hall–Kier alpha value is -3.68. The highest BCUT2D eigenvalue weighted by Gasteiger charge is 2.34. The molecule has 1 aliphatic heterocycles. The highest BCUT2D eigenvalue weighted by molar-refractivity contribution is 7.80. The van der Waals surface area contributed by atoms with Gasteiger partial charge in [-0.3, -0.25) is 19.8 Å². The number of anilines is 1. The summed E-state index contributed by atoms with van der Waals surface area (Å²) >= 11 is 11.5. The number of benzene rings is 3. The topological polar surface area (TPSA) is 67.9 Å². The van der Waals surface area contributed by atoms with Crippen LogP contribution in [0.25, 0.3) is 6.08 Å². The normalized spacial score (nSPS) is 14.7. The first-order valence-corrected chi connectivity index (χ1v) is 12.3. The number of carbonyl (C=O) groups excluding carboxylic acids is 2. The van der Waals surface area contributed by atoms with Crippen LogP contribution >= 0.6 is 23.8 Å². The molecule has 0 aliphatic carbocycles. The summed E-state index contributed by atoms with van der Waals surface area (Å²) in [5.41, 5.74) is 3.15. The van der Waals surface area contributed by atoms with Crippen LogP contribution in [0.3, 0.4) is 0 Å². The van der Waals surface area contributed by atoms with E-state index in [-0.39, 0.29) is 17.3 Å². The number of nitrogens with one attached hydrogen (secondary N) is 1. The van der Waals surface area contributed by atoms with Gasteiger partial charge in [-0.25, -0.2) is 0 Å². The first-order chi connectivity index (χ1) is 17.4. The van der Waals surface area contributed by atoms with Crippen LogP contribution in [0.2, 0.25) is 5.02 Å². The Morgan fingerprint density at radius 3 is 2.42 bits per heavy atom. The molecular formula is C28H25ClN2O4S. The van der Waals surface area contributed by atoms with Crippen LogP contribution in [-0.2, 0) is 22.6 Å². The second kappa shape index (κ2) is 11.4. The fourth-order valence-corrected chi connectivity index (χ4v) is 4.18. The van der Waals surface area contributed by atoms with Crippen molar-refractivity contribution in [3.8, 4) is 11.5 Å². The fraction of sp³-hybridized carbons (Fsp3) is 0.179. The van der Waals surface area contributed by atoms with E-state index >= 15 is 0 Å². The van der Waals surface area contributed by atoms with Gasteiger partial charge in [0.1, 0.15) is 12.2 Å². The average molecular weight is 521 g/mol. The Labute approximate surface area is 220 Å². The van der Waals surface area contributed by atoms with Crippen molar-refractivity contribution in [3.63, 3.8) is 0 Å². The van der Waals surface area contributed by atoms with Crippen LogP contribution in [-0.4, -0.2) is 23.5 Å². The molecule has 2 amide bonds. The third kappa shape index (κ3) is 5.58. The third-order valence-corrected chi connectivity index (χ3v) is 6.28. The van der Waals surface area contributed by atoms with E-state index in [4.69, 9.17) is 33.3 Å². The van der Waals surface area contributed by atoms with Gasteiger partial charge in [0.15, 0.2) is 16.6 Å². The van der Waals surface area contributed by atoms with Crippen LogP contribution in [0.4, 0.5) is 5.69 Å². The maximum absolute atomic E-state index is 13.3. The first kappa shape index (κ1) is 25.4. The lowest BCUT2D eigenvalue weighted by Crippen LogP contribution is -2.54. The monoisotopic (exact) mass is 520 g/mol. The minimum atomic E-state index is -0.552. The van der Waals surface area contributed by atoms with Gasteiger partial charge in [-0.15, -0.1) is 0 Å². The number of nitrogens with zero attached hydrogens (tertiary/aromatic N) is 1. The van der Waals surface area contributed by atoms with Gasteiger partial charge in [0.2, 0.25) is 0 Å². The molecule has 0 bridgehead atoms. The van der Waals surface area contributed by atoms with Crippen LogP contribution in [0.5, 0.6) is 11.5 Å². The first-order valence-electron chi connectivity index (χ1n) is 11.5. The van der Waals surface area contributed by atoms with E-state index in [1.165, 1.54) is 11.0 Å². The molecule has 0 aromatic heterocycles. The largest absolute Gasteiger partial charge is 0.490 e. The maximum atomic E-state index is 13.3. The van der Waals surface area contributed by atoms with E-state index < -0.39 is 11.8 Å². The molecule has 0 spiro atoms. The van der Waals surface area contributed by atoms with Gasteiger partial charge in [0.05, 0.1) is 12.3 Å². The average Bonchev–Trinajstić information content (AvgIpc) is 2.87. The molecule has 1 N–H and O–H groups in total. The number of hydrogen-bond acceptors (Lipinski definition) is 5. The summed E-state index contributed by atoms with van der Waals surface area (Å²) < 4.78 is 11.7. The Balaban J connectivity index is 1.61. The molecule has 1 aliphatic rings. The van der Waals surface area contributed by atoms with Crippen molar-refractivity contribution < 1.29 is 19.1 Å². The van der Waals surface area contributed by atoms with Gasteiger partial charge in [-0.1, -0.05) is 54.9 Å². The van der Waals surface area contributed by atoms with Gasteiger partial charge in [0, 0.05) is 10.6 Å². The summed E-state index contributed by atoms with van der Waals surface area (Å²) in [5.74, 6) is -0.0318. The molecule has 0 unspecified atom stereocenters. The van der Waals surface area contributed by atoms with Crippen molar-refractivity contribution in [1.82, 2.24) is 5.32 Å². The molecule has 6 nitrogen and oxygen atoms in total. The second-order valence-electron chi connectivity index (χ2n) is 8.00. The SMILES string of the molecule is CCOc1cc(/C=C2\C(=O)NC(=S)N(c3ccc(CC)cc3)C2=O)ccc1OCc1ccccc1Cl. The fourth-order valence-electron chi connectivity index (χ4n) is 3.71. The van der Waals surface area contributed by atoms with E-state index in [2.05, 4.69) is 12.2 Å². The zero-order chi connectivity index (χ0) is 25.7. The number of ether oxygens (including phenoxy) is 2. The standard InChI is InChI=1S/C28H25ClN2O4S/c1-3-18-9-12-21(13-10-18)31-27(33)22(26(32)30-28(31)36)15-19-11-14-24(25(16-19)34-4-2)35-17-20-7-5-6-8-23(20)29/h5-16H,3-4,17H2,1-2H3,(H,30,32,36)/b22-15+. The van der Waals surface area contributed by atoms with Gasteiger partial charge in [-0.2, -0.15) is 0 Å². The molecule has 0 atom stereocenters. The van der Waals surface area contributed by atoms with Crippen LogP contribution in [0.15, 0.2) is 72.3 Å². The van der Waals surface area contributed by atoms with E-state index in [1.807, 2.05) is 49.4 Å². The lowest BCUT2D eigenvalue weighted by Gasteiger charge is -2.29. The lowest BCUT2D eigenvalue weighted by molar-refractivity contribution is -0.122. The molecule has 184 valence electrons. The van der Waals surface area contributed by atoms with Gasteiger partial charge < -0.3 is 9.47 Å². The zero-order valence-corrected chi connectivity index (χ0v) is 21.5. The van der Waals surface area contributed by atoms with Gasteiger partial charge in [0.25, 0.3) is 11.8 Å². The van der Waals surface area contributed by atoms with Crippen LogP contribution in [0.1, 0.15) is 30.5 Å². The predicted molar refractivity (Wildman–Crippen MR) is 145 cm³/mol. The number of rotatable bonds is 8. The molecule has 3 aromatic rings. The molecule has 1 saturated heterocycles. The van der Waals surface area contributed by atoms with E-state index in [0.717, 1.165) is 17.5 Å². The molecule has 1 heterocycles. The summed E-state index contributed by atoms with van der Waals surface area (Å²) in [6.45, 7) is 4.60. The van der Waals surface area contributed by atoms with E-state index in [1.54, 1.807) is 24.3 Å². The van der Waals surface area contributed by atoms with Crippen molar-refractivity contribution in [1.29, 1.82) is 0 Å². The lowest BCUT2D eigenvalue weighted by atomic mass is 10.1. The van der Waals surface area contributed by atoms with E-state index in [0.29, 0.717) is 34.4 Å². The molecular weight excluding hydrogens is 496 g/mol. The summed E-state index contributed by atoms with van der Waals surface area (Å²) in [7, 11) is 0.